The Hall–Kier alpha value is -1.39. The number of rotatable bonds is 6. The maximum Gasteiger partial charge on any atom is 0.305 e. The summed E-state index contributed by atoms with van der Waals surface area (Å²) in [5.41, 5.74) is 2.02. The summed E-state index contributed by atoms with van der Waals surface area (Å²) in [5.74, 6) is -0.194. The third-order valence-corrected chi connectivity index (χ3v) is 3.18. The van der Waals surface area contributed by atoms with Gasteiger partial charge in [0.25, 0.3) is 0 Å². The lowest BCUT2D eigenvalue weighted by Gasteiger charge is -2.11. The first-order chi connectivity index (χ1) is 8.69. The van der Waals surface area contributed by atoms with Crippen molar-refractivity contribution in [2.75, 3.05) is 26.7 Å². The number of carbonyl (C=O) groups excluding carboxylic acids is 1. The Morgan fingerprint density at radius 3 is 2.61 bits per heavy atom. The number of aliphatic hydroxyl groups excluding tert-OH is 1. The van der Waals surface area contributed by atoms with Crippen molar-refractivity contribution >= 4 is 5.97 Å². The SMILES string of the molecule is COC(=O)CCc1ccc(C(O)CN2CC2)cc1. The number of esters is 1. The minimum Gasteiger partial charge on any atom is -0.469 e. The summed E-state index contributed by atoms with van der Waals surface area (Å²) >= 11 is 0. The van der Waals surface area contributed by atoms with Gasteiger partial charge in [0.1, 0.15) is 0 Å². The quantitative estimate of drug-likeness (QED) is 0.607. The predicted octanol–water partition coefficient (Wildman–Crippen LogP) is 1.14. The molecule has 1 heterocycles. The highest BCUT2D eigenvalue weighted by Gasteiger charge is 2.21. The first-order valence-corrected chi connectivity index (χ1v) is 6.25. The first-order valence-electron chi connectivity index (χ1n) is 6.25. The Bertz CT molecular complexity index is 398. The molecule has 1 aliphatic heterocycles. The smallest absolute Gasteiger partial charge is 0.305 e. The first kappa shape index (κ1) is 13.1. The van der Waals surface area contributed by atoms with Crippen molar-refractivity contribution in [2.24, 2.45) is 0 Å². The van der Waals surface area contributed by atoms with Crippen molar-refractivity contribution in [1.82, 2.24) is 4.90 Å². The fraction of sp³-hybridized carbons (Fsp3) is 0.500. The van der Waals surface area contributed by atoms with Crippen molar-refractivity contribution in [1.29, 1.82) is 0 Å². The van der Waals surface area contributed by atoms with Crippen molar-refractivity contribution < 1.29 is 14.6 Å². The number of methoxy groups -OCH3 is 1. The van der Waals surface area contributed by atoms with Gasteiger partial charge in [-0.3, -0.25) is 9.69 Å². The van der Waals surface area contributed by atoms with E-state index in [-0.39, 0.29) is 5.97 Å². The van der Waals surface area contributed by atoms with Gasteiger partial charge in [-0.15, -0.1) is 0 Å². The van der Waals surface area contributed by atoms with Gasteiger partial charge < -0.3 is 9.84 Å². The molecular formula is C14H19NO3. The second-order valence-electron chi connectivity index (χ2n) is 4.63. The lowest BCUT2D eigenvalue weighted by Crippen LogP contribution is -2.11. The largest absolute Gasteiger partial charge is 0.469 e. The van der Waals surface area contributed by atoms with Gasteiger partial charge in [-0.05, 0) is 17.5 Å². The number of aryl methyl sites for hydroxylation is 1. The molecule has 0 bridgehead atoms. The summed E-state index contributed by atoms with van der Waals surface area (Å²) in [6, 6.07) is 7.79. The summed E-state index contributed by atoms with van der Waals surface area (Å²) in [6.07, 6.45) is 0.656. The highest BCUT2D eigenvalue weighted by Crippen LogP contribution is 2.18. The average molecular weight is 249 g/mol. The second-order valence-corrected chi connectivity index (χ2v) is 4.63. The van der Waals surface area contributed by atoms with Gasteiger partial charge in [0.15, 0.2) is 0 Å². The van der Waals surface area contributed by atoms with Gasteiger partial charge in [0.05, 0.1) is 13.2 Å². The number of ether oxygens (including phenoxy) is 1. The van der Waals surface area contributed by atoms with E-state index in [0.717, 1.165) is 24.2 Å². The molecule has 0 spiro atoms. The van der Waals surface area contributed by atoms with E-state index < -0.39 is 6.10 Å². The Morgan fingerprint density at radius 2 is 2.06 bits per heavy atom. The zero-order valence-corrected chi connectivity index (χ0v) is 10.6. The Labute approximate surface area is 107 Å². The average Bonchev–Trinajstić information content (AvgIpc) is 3.20. The van der Waals surface area contributed by atoms with E-state index in [9.17, 15) is 9.90 Å². The summed E-state index contributed by atoms with van der Waals surface area (Å²) in [5, 5.41) is 9.96. The minimum absolute atomic E-state index is 0.194. The van der Waals surface area contributed by atoms with Crippen LogP contribution in [0.5, 0.6) is 0 Å². The molecule has 0 radical (unpaired) electrons. The van der Waals surface area contributed by atoms with Crippen LogP contribution in [-0.2, 0) is 16.0 Å². The molecule has 1 unspecified atom stereocenters. The van der Waals surface area contributed by atoms with Gasteiger partial charge in [0.2, 0.25) is 0 Å². The molecule has 2 rings (SSSR count). The summed E-state index contributed by atoms with van der Waals surface area (Å²) in [7, 11) is 1.40. The number of hydrogen-bond donors (Lipinski definition) is 1. The maximum atomic E-state index is 11.0. The van der Waals surface area contributed by atoms with Crippen LogP contribution in [0.2, 0.25) is 0 Å². The molecule has 0 aliphatic carbocycles. The van der Waals surface area contributed by atoms with Crippen LogP contribution < -0.4 is 0 Å². The van der Waals surface area contributed by atoms with Crippen molar-refractivity contribution in [2.45, 2.75) is 18.9 Å². The number of benzene rings is 1. The lowest BCUT2D eigenvalue weighted by molar-refractivity contribution is -0.140. The van der Waals surface area contributed by atoms with Crippen molar-refractivity contribution in [3.63, 3.8) is 0 Å². The van der Waals surface area contributed by atoms with Crippen molar-refractivity contribution in [3.8, 4) is 0 Å². The fourth-order valence-corrected chi connectivity index (χ4v) is 1.86. The highest BCUT2D eigenvalue weighted by atomic mass is 16.5. The third-order valence-electron chi connectivity index (χ3n) is 3.18. The fourth-order valence-electron chi connectivity index (χ4n) is 1.86. The monoisotopic (exact) mass is 249 g/mol. The van der Waals surface area contributed by atoms with E-state index >= 15 is 0 Å². The predicted molar refractivity (Wildman–Crippen MR) is 68.2 cm³/mol. The van der Waals surface area contributed by atoms with Gasteiger partial charge in [-0.1, -0.05) is 24.3 Å². The van der Waals surface area contributed by atoms with E-state index in [1.165, 1.54) is 7.11 Å². The number of hydrogen-bond acceptors (Lipinski definition) is 4. The van der Waals surface area contributed by atoms with Crippen LogP contribution in [0, 0.1) is 0 Å². The molecule has 1 fully saturated rings. The standard InChI is InChI=1S/C14H19NO3/c1-18-14(17)7-4-11-2-5-12(6-3-11)13(16)10-15-8-9-15/h2-3,5-6,13,16H,4,7-10H2,1H3. The molecule has 0 aromatic heterocycles. The normalized spacial score (nSPS) is 16.3. The number of aliphatic hydroxyl groups is 1. The van der Waals surface area contributed by atoms with Gasteiger partial charge in [-0.2, -0.15) is 0 Å². The molecule has 0 saturated carbocycles. The van der Waals surface area contributed by atoms with Crippen LogP contribution in [0.1, 0.15) is 23.7 Å². The van der Waals surface area contributed by atoms with Crippen molar-refractivity contribution in [3.05, 3.63) is 35.4 Å². The van der Waals surface area contributed by atoms with Crippen LogP contribution in [0.25, 0.3) is 0 Å². The van der Waals surface area contributed by atoms with E-state index in [0.29, 0.717) is 19.4 Å². The third kappa shape index (κ3) is 3.82. The second kappa shape index (κ2) is 5.98. The molecule has 4 nitrogen and oxygen atoms in total. The molecule has 1 aliphatic rings. The van der Waals surface area contributed by atoms with E-state index in [1.54, 1.807) is 0 Å². The van der Waals surface area contributed by atoms with Crippen LogP contribution in [0.3, 0.4) is 0 Å². The molecule has 1 aromatic rings. The molecule has 18 heavy (non-hydrogen) atoms. The molecule has 1 atom stereocenters. The maximum absolute atomic E-state index is 11.0. The Balaban J connectivity index is 1.85. The Kier molecular flexibility index (Phi) is 4.33. The van der Waals surface area contributed by atoms with E-state index in [1.807, 2.05) is 24.3 Å². The Morgan fingerprint density at radius 1 is 1.39 bits per heavy atom. The summed E-state index contributed by atoms with van der Waals surface area (Å²) in [6.45, 7) is 2.89. The number of β-amino-alcohol motifs (C(OH)–C–C–N with tert-alkyl or cyclic N) is 1. The number of carbonyl (C=O) groups is 1. The van der Waals surface area contributed by atoms with E-state index in [2.05, 4.69) is 9.64 Å². The highest BCUT2D eigenvalue weighted by molar-refractivity contribution is 5.69. The molecule has 1 saturated heterocycles. The zero-order valence-electron chi connectivity index (χ0n) is 10.6. The van der Waals surface area contributed by atoms with Crippen LogP contribution in [0.4, 0.5) is 0 Å². The molecule has 0 amide bonds. The van der Waals surface area contributed by atoms with E-state index in [4.69, 9.17) is 0 Å². The molecule has 4 heteroatoms. The zero-order chi connectivity index (χ0) is 13.0. The van der Waals surface area contributed by atoms with Gasteiger partial charge >= 0.3 is 5.97 Å². The minimum atomic E-state index is -0.415. The van der Waals surface area contributed by atoms with Crippen LogP contribution >= 0.6 is 0 Å². The van der Waals surface area contributed by atoms with Gasteiger partial charge in [0, 0.05) is 26.1 Å². The summed E-state index contributed by atoms with van der Waals surface area (Å²) in [4.78, 5) is 13.2. The molecule has 98 valence electrons. The number of nitrogens with zero attached hydrogens (tertiary/aromatic N) is 1. The topological polar surface area (TPSA) is 49.5 Å². The van der Waals surface area contributed by atoms with Crippen LogP contribution in [-0.4, -0.2) is 42.7 Å². The molecule has 1 N–H and O–H groups in total. The van der Waals surface area contributed by atoms with Crippen LogP contribution in [0.15, 0.2) is 24.3 Å². The summed E-state index contributed by atoms with van der Waals surface area (Å²) < 4.78 is 4.60. The molecule has 1 aromatic carbocycles. The van der Waals surface area contributed by atoms with Gasteiger partial charge in [-0.25, -0.2) is 0 Å². The lowest BCUT2D eigenvalue weighted by atomic mass is 10.0. The molecular weight excluding hydrogens is 230 g/mol.